The summed E-state index contributed by atoms with van der Waals surface area (Å²) in [5.41, 5.74) is 1.38. The summed E-state index contributed by atoms with van der Waals surface area (Å²) in [5.74, 6) is 2.20. The van der Waals surface area contributed by atoms with Crippen LogP contribution in [0, 0.1) is 23.1 Å². The van der Waals surface area contributed by atoms with E-state index >= 15 is 0 Å². The van der Waals surface area contributed by atoms with E-state index in [1.54, 1.807) is 17.8 Å². The Bertz CT molecular complexity index is 382. The Morgan fingerprint density at radius 3 is 2.81 bits per heavy atom. The van der Waals surface area contributed by atoms with Gasteiger partial charge in [0.05, 0.1) is 11.6 Å². The number of hydrogen-bond acceptors (Lipinski definition) is 2. The van der Waals surface area contributed by atoms with Crippen molar-refractivity contribution in [2.75, 3.05) is 5.75 Å². The van der Waals surface area contributed by atoms with Gasteiger partial charge in [-0.25, -0.2) is 4.39 Å². The molecular formula is C13H16FNS. The zero-order chi connectivity index (χ0) is 12.0. The molecular weight excluding hydrogens is 221 g/mol. The van der Waals surface area contributed by atoms with E-state index in [9.17, 15) is 4.39 Å². The zero-order valence-electron chi connectivity index (χ0n) is 9.66. The molecule has 0 fully saturated rings. The molecule has 1 aromatic carbocycles. The molecule has 0 spiro atoms. The molecule has 0 aliphatic heterocycles. The van der Waals surface area contributed by atoms with Crippen molar-refractivity contribution in [3.63, 3.8) is 0 Å². The van der Waals surface area contributed by atoms with E-state index in [1.807, 2.05) is 0 Å². The average molecular weight is 237 g/mol. The fourth-order valence-corrected chi connectivity index (χ4v) is 2.53. The summed E-state index contributed by atoms with van der Waals surface area (Å²) in [5, 5.41) is 8.87. The van der Waals surface area contributed by atoms with Gasteiger partial charge in [0.25, 0.3) is 0 Å². The largest absolute Gasteiger partial charge is 0.207 e. The van der Waals surface area contributed by atoms with Gasteiger partial charge < -0.3 is 0 Å². The van der Waals surface area contributed by atoms with Crippen molar-refractivity contribution in [3.05, 3.63) is 35.1 Å². The van der Waals surface area contributed by atoms with Crippen molar-refractivity contribution in [2.45, 2.75) is 26.0 Å². The van der Waals surface area contributed by atoms with Gasteiger partial charge in [0.2, 0.25) is 0 Å². The molecule has 86 valence electrons. The Morgan fingerprint density at radius 1 is 1.44 bits per heavy atom. The number of nitriles is 1. The van der Waals surface area contributed by atoms with E-state index in [1.165, 1.54) is 12.1 Å². The van der Waals surface area contributed by atoms with Crippen molar-refractivity contribution in [1.29, 1.82) is 5.26 Å². The number of nitrogens with zero attached hydrogens (tertiary/aromatic N) is 1. The maximum Gasteiger partial charge on any atom is 0.123 e. The molecule has 1 rings (SSSR count). The van der Waals surface area contributed by atoms with Crippen LogP contribution >= 0.6 is 11.8 Å². The fourth-order valence-electron chi connectivity index (χ4n) is 1.29. The van der Waals surface area contributed by atoms with Gasteiger partial charge in [-0.05, 0) is 41.9 Å². The molecule has 16 heavy (non-hydrogen) atoms. The molecule has 0 aliphatic rings. The van der Waals surface area contributed by atoms with E-state index in [0.717, 1.165) is 17.7 Å². The topological polar surface area (TPSA) is 23.8 Å². The molecule has 3 heteroatoms. The van der Waals surface area contributed by atoms with Crippen LogP contribution in [-0.4, -0.2) is 5.75 Å². The Labute approximate surface area is 101 Å². The fraction of sp³-hybridized carbons (Fsp3) is 0.462. The van der Waals surface area contributed by atoms with Gasteiger partial charge in [0.1, 0.15) is 5.82 Å². The van der Waals surface area contributed by atoms with Crippen molar-refractivity contribution in [1.82, 2.24) is 0 Å². The smallest absolute Gasteiger partial charge is 0.123 e. The van der Waals surface area contributed by atoms with Crippen LogP contribution in [0.2, 0.25) is 0 Å². The quantitative estimate of drug-likeness (QED) is 0.723. The van der Waals surface area contributed by atoms with Gasteiger partial charge in [-0.3, -0.25) is 0 Å². The predicted molar refractivity (Wildman–Crippen MR) is 66.7 cm³/mol. The van der Waals surface area contributed by atoms with Gasteiger partial charge in [0, 0.05) is 5.75 Å². The van der Waals surface area contributed by atoms with Gasteiger partial charge >= 0.3 is 0 Å². The molecule has 1 aromatic rings. The highest BCUT2D eigenvalue weighted by molar-refractivity contribution is 7.98. The maximum atomic E-state index is 13.0. The monoisotopic (exact) mass is 237 g/mol. The minimum Gasteiger partial charge on any atom is -0.207 e. The van der Waals surface area contributed by atoms with E-state index in [-0.39, 0.29) is 5.82 Å². The lowest BCUT2D eigenvalue weighted by Crippen LogP contribution is -1.93. The lowest BCUT2D eigenvalue weighted by molar-refractivity contribution is 0.626. The summed E-state index contributed by atoms with van der Waals surface area (Å²) in [6.07, 6.45) is 1.15. The van der Waals surface area contributed by atoms with Crippen LogP contribution < -0.4 is 0 Å². The second-order valence-corrected chi connectivity index (χ2v) is 5.25. The standard InChI is InChI=1S/C13H16FNS/c1-10(2)5-6-16-9-12-7-13(14)4-3-11(12)8-15/h3-4,7,10H,5-6,9H2,1-2H3. The van der Waals surface area contributed by atoms with E-state index < -0.39 is 0 Å². The first-order valence-corrected chi connectivity index (χ1v) is 6.55. The summed E-state index contributed by atoms with van der Waals surface area (Å²) in [4.78, 5) is 0. The number of hydrogen-bond donors (Lipinski definition) is 0. The Balaban J connectivity index is 2.53. The van der Waals surface area contributed by atoms with Gasteiger partial charge in [0.15, 0.2) is 0 Å². The molecule has 0 saturated heterocycles. The summed E-state index contributed by atoms with van der Waals surface area (Å²) in [6, 6.07) is 6.44. The SMILES string of the molecule is CC(C)CCSCc1cc(F)ccc1C#N. The Kier molecular flexibility index (Phi) is 5.34. The predicted octanol–water partition coefficient (Wildman–Crippen LogP) is 3.98. The first kappa shape index (κ1) is 13.1. The van der Waals surface area contributed by atoms with E-state index in [0.29, 0.717) is 17.2 Å². The van der Waals surface area contributed by atoms with Crippen molar-refractivity contribution in [3.8, 4) is 6.07 Å². The van der Waals surface area contributed by atoms with Crippen LogP contribution in [0.1, 0.15) is 31.4 Å². The van der Waals surface area contributed by atoms with Crippen LogP contribution in [0.5, 0.6) is 0 Å². The highest BCUT2D eigenvalue weighted by Gasteiger charge is 2.04. The molecule has 1 nitrogen and oxygen atoms in total. The Hall–Kier alpha value is -1.01. The summed E-state index contributed by atoms with van der Waals surface area (Å²) in [6.45, 7) is 4.37. The van der Waals surface area contributed by atoms with Crippen molar-refractivity contribution in [2.24, 2.45) is 5.92 Å². The van der Waals surface area contributed by atoms with Gasteiger partial charge in [-0.1, -0.05) is 13.8 Å². The lowest BCUT2D eigenvalue weighted by Gasteiger charge is -2.06. The summed E-state index contributed by atoms with van der Waals surface area (Å²) < 4.78 is 13.0. The molecule has 0 N–H and O–H groups in total. The van der Waals surface area contributed by atoms with Gasteiger partial charge in [-0.2, -0.15) is 17.0 Å². The summed E-state index contributed by atoms with van der Waals surface area (Å²) >= 11 is 1.76. The number of halogens is 1. The second kappa shape index (κ2) is 6.55. The minimum atomic E-state index is -0.265. The third-order valence-corrected chi connectivity index (χ3v) is 3.32. The van der Waals surface area contributed by atoms with Crippen LogP contribution in [0.25, 0.3) is 0 Å². The molecule has 0 bridgehead atoms. The minimum absolute atomic E-state index is 0.265. The highest BCUT2D eigenvalue weighted by Crippen LogP contribution is 2.19. The number of thioether (sulfide) groups is 1. The van der Waals surface area contributed by atoms with E-state index in [4.69, 9.17) is 5.26 Å². The molecule has 0 unspecified atom stereocenters. The van der Waals surface area contributed by atoms with Crippen LogP contribution in [-0.2, 0) is 5.75 Å². The zero-order valence-corrected chi connectivity index (χ0v) is 10.5. The van der Waals surface area contributed by atoms with Crippen LogP contribution in [0.3, 0.4) is 0 Å². The third kappa shape index (κ3) is 4.24. The van der Waals surface area contributed by atoms with E-state index in [2.05, 4.69) is 19.9 Å². The normalized spacial score (nSPS) is 10.4. The molecule has 0 saturated carbocycles. The highest BCUT2D eigenvalue weighted by atomic mass is 32.2. The number of benzene rings is 1. The number of rotatable bonds is 5. The average Bonchev–Trinajstić information content (AvgIpc) is 2.24. The van der Waals surface area contributed by atoms with Crippen LogP contribution in [0.15, 0.2) is 18.2 Å². The second-order valence-electron chi connectivity index (χ2n) is 4.15. The maximum absolute atomic E-state index is 13.0. The van der Waals surface area contributed by atoms with Crippen molar-refractivity contribution >= 4 is 11.8 Å². The van der Waals surface area contributed by atoms with Crippen molar-refractivity contribution < 1.29 is 4.39 Å². The molecule has 0 amide bonds. The first-order valence-electron chi connectivity index (χ1n) is 5.39. The molecule has 0 atom stereocenters. The Morgan fingerprint density at radius 2 is 2.19 bits per heavy atom. The molecule has 0 aliphatic carbocycles. The lowest BCUT2D eigenvalue weighted by atomic mass is 10.1. The summed E-state index contributed by atoms with van der Waals surface area (Å²) in [7, 11) is 0. The van der Waals surface area contributed by atoms with Crippen LogP contribution in [0.4, 0.5) is 4.39 Å². The third-order valence-electron chi connectivity index (χ3n) is 2.28. The van der Waals surface area contributed by atoms with Gasteiger partial charge in [-0.15, -0.1) is 0 Å². The molecule has 0 aromatic heterocycles. The molecule has 0 heterocycles. The molecule has 0 radical (unpaired) electrons. The first-order chi connectivity index (χ1) is 7.63.